The molecule has 0 aliphatic heterocycles. The highest BCUT2D eigenvalue weighted by Crippen LogP contribution is 2.32. The highest BCUT2D eigenvalue weighted by molar-refractivity contribution is 5.90. The van der Waals surface area contributed by atoms with E-state index in [2.05, 4.69) is 10.3 Å². The molecule has 1 aromatic heterocycles. The molecule has 15 heavy (non-hydrogen) atoms. The molecule has 0 saturated heterocycles. The zero-order chi connectivity index (χ0) is 11.6. The van der Waals surface area contributed by atoms with E-state index in [1.807, 2.05) is 0 Å². The van der Waals surface area contributed by atoms with Gasteiger partial charge in [0.05, 0.1) is 11.1 Å². The predicted octanol–water partition coefficient (Wildman–Crippen LogP) is 1.84. The molecule has 0 aliphatic rings. The molecule has 1 rings (SSSR count). The summed E-state index contributed by atoms with van der Waals surface area (Å²) in [5.74, 6) is -1.57. The first-order valence-corrected chi connectivity index (χ1v) is 3.84. The maximum Gasteiger partial charge on any atom is 0.418 e. The molecule has 0 unspecified atom stereocenters. The lowest BCUT2D eigenvalue weighted by Gasteiger charge is -2.10. The topological polar surface area (TPSA) is 62.2 Å². The molecule has 0 radical (unpaired) electrons. The summed E-state index contributed by atoms with van der Waals surface area (Å²) in [7, 11) is 1.43. The van der Waals surface area contributed by atoms with Crippen molar-refractivity contribution in [1.29, 1.82) is 0 Å². The predicted molar refractivity (Wildman–Crippen MR) is 45.7 cm³/mol. The van der Waals surface area contributed by atoms with Crippen LogP contribution in [0.2, 0.25) is 0 Å². The number of halogens is 3. The number of aromatic nitrogens is 1. The van der Waals surface area contributed by atoms with Crippen molar-refractivity contribution in [3.63, 3.8) is 0 Å². The lowest BCUT2D eigenvalue weighted by atomic mass is 10.1. The third-order valence-corrected chi connectivity index (χ3v) is 1.70. The largest absolute Gasteiger partial charge is 0.478 e. The Kier molecular flexibility index (Phi) is 2.83. The molecule has 0 saturated carbocycles. The van der Waals surface area contributed by atoms with Gasteiger partial charge in [0.25, 0.3) is 0 Å². The number of hydrogen-bond acceptors (Lipinski definition) is 3. The van der Waals surface area contributed by atoms with Gasteiger partial charge in [-0.1, -0.05) is 0 Å². The number of aromatic carboxylic acids is 1. The number of rotatable bonds is 2. The fraction of sp³-hybridized carbons (Fsp3) is 0.250. The molecule has 1 heterocycles. The maximum atomic E-state index is 12.3. The van der Waals surface area contributed by atoms with Crippen molar-refractivity contribution in [3.05, 3.63) is 23.4 Å². The number of carbonyl (C=O) groups is 1. The molecular formula is C8H7F3N2O2. The minimum atomic E-state index is -4.72. The van der Waals surface area contributed by atoms with Crippen LogP contribution in [0.25, 0.3) is 0 Å². The van der Waals surface area contributed by atoms with Gasteiger partial charge in [-0.05, 0) is 6.07 Å². The van der Waals surface area contributed by atoms with Gasteiger partial charge in [0.1, 0.15) is 5.82 Å². The summed E-state index contributed by atoms with van der Waals surface area (Å²) in [4.78, 5) is 14.0. The molecule has 4 nitrogen and oxygen atoms in total. The third kappa shape index (κ3) is 2.36. The van der Waals surface area contributed by atoms with Gasteiger partial charge in [0.2, 0.25) is 0 Å². The van der Waals surface area contributed by atoms with Crippen molar-refractivity contribution in [2.75, 3.05) is 12.4 Å². The molecule has 1 aromatic rings. The number of nitrogens with one attached hydrogen (secondary N) is 1. The first-order chi connectivity index (χ1) is 6.86. The van der Waals surface area contributed by atoms with Gasteiger partial charge in [-0.2, -0.15) is 13.2 Å². The van der Waals surface area contributed by atoms with E-state index in [-0.39, 0.29) is 5.82 Å². The van der Waals surface area contributed by atoms with Crippen molar-refractivity contribution >= 4 is 11.8 Å². The van der Waals surface area contributed by atoms with Crippen LogP contribution in [0.15, 0.2) is 12.3 Å². The van der Waals surface area contributed by atoms with Crippen molar-refractivity contribution < 1.29 is 23.1 Å². The fourth-order valence-corrected chi connectivity index (χ4v) is 0.995. The van der Waals surface area contributed by atoms with E-state index in [4.69, 9.17) is 5.11 Å². The molecule has 0 aromatic carbocycles. The second-order valence-corrected chi connectivity index (χ2v) is 2.67. The Labute approximate surface area is 82.7 Å². The van der Waals surface area contributed by atoms with Gasteiger partial charge in [-0.25, -0.2) is 9.78 Å². The zero-order valence-corrected chi connectivity index (χ0v) is 7.59. The van der Waals surface area contributed by atoms with E-state index in [0.29, 0.717) is 6.20 Å². The first-order valence-electron chi connectivity index (χ1n) is 3.84. The highest BCUT2D eigenvalue weighted by Gasteiger charge is 2.35. The minimum absolute atomic E-state index is 0.0698. The number of pyridine rings is 1. The van der Waals surface area contributed by atoms with E-state index >= 15 is 0 Å². The SMILES string of the molecule is CNc1cc(C(=O)O)c(C(F)(F)F)cn1. The standard InChI is InChI=1S/C8H7F3N2O2/c1-12-6-2-4(7(14)15)5(3-13-6)8(9,10)11/h2-3H,1H3,(H,12,13)(H,14,15). The summed E-state index contributed by atoms with van der Waals surface area (Å²) in [5, 5.41) is 11.1. The van der Waals surface area contributed by atoms with Crippen molar-refractivity contribution in [3.8, 4) is 0 Å². The Balaban J connectivity index is 3.34. The van der Waals surface area contributed by atoms with Crippen LogP contribution in [0.3, 0.4) is 0 Å². The van der Waals surface area contributed by atoms with Gasteiger partial charge in [0, 0.05) is 13.2 Å². The molecule has 2 N–H and O–H groups in total. The molecule has 0 atom stereocenters. The van der Waals surface area contributed by atoms with Gasteiger partial charge in [0.15, 0.2) is 0 Å². The average Bonchev–Trinajstić information content (AvgIpc) is 2.15. The van der Waals surface area contributed by atoms with Crippen LogP contribution in [0.5, 0.6) is 0 Å². The molecule has 82 valence electrons. The third-order valence-electron chi connectivity index (χ3n) is 1.70. The first kappa shape index (κ1) is 11.3. The molecular weight excluding hydrogens is 213 g/mol. The Bertz CT molecular complexity index is 390. The van der Waals surface area contributed by atoms with Crippen LogP contribution in [0.1, 0.15) is 15.9 Å². The highest BCUT2D eigenvalue weighted by atomic mass is 19.4. The number of nitrogens with zero attached hydrogens (tertiary/aromatic N) is 1. The Hall–Kier alpha value is -1.79. The molecule has 0 amide bonds. The van der Waals surface area contributed by atoms with Crippen LogP contribution in [-0.2, 0) is 6.18 Å². The number of carboxylic acid groups (broad SMARTS) is 1. The summed E-state index contributed by atoms with van der Waals surface area (Å²) >= 11 is 0. The smallest absolute Gasteiger partial charge is 0.418 e. The fourth-order valence-electron chi connectivity index (χ4n) is 0.995. The Morgan fingerprint density at radius 1 is 1.53 bits per heavy atom. The number of alkyl halides is 3. The van der Waals surface area contributed by atoms with Crippen LogP contribution >= 0.6 is 0 Å². The van der Waals surface area contributed by atoms with Crippen LogP contribution < -0.4 is 5.32 Å². The van der Waals surface area contributed by atoms with E-state index in [0.717, 1.165) is 6.07 Å². The number of carboxylic acids is 1. The van der Waals surface area contributed by atoms with Crippen LogP contribution in [0.4, 0.5) is 19.0 Å². The summed E-state index contributed by atoms with van der Waals surface area (Å²) in [6.45, 7) is 0. The second kappa shape index (κ2) is 3.76. The summed E-state index contributed by atoms with van der Waals surface area (Å²) in [6.07, 6.45) is -4.22. The van der Waals surface area contributed by atoms with Crippen molar-refractivity contribution in [2.45, 2.75) is 6.18 Å². The van der Waals surface area contributed by atoms with Gasteiger partial charge in [-0.3, -0.25) is 0 Å². The van der Waals surface area contributed by atoms with Gasteiger partial charge < -0.3 is 10.4 Å². The molecule has 0 fully saturated rings. The minimum Gasteiger partial charge on any atom is -0.478 e. The average molecular weight is 220 g/mol. The lowest BCUT2D eigenvalue weighted by molar-refractivity contribution is -0.138. The molecule has 0 aliphatic carbocycles. The number of hydrogen-bond donors (Lipinski definition) is 2. The Morgan fingerprint density at radius 2 is 2.13 bits per heavy atom. The van der Waals surface area contributed by atoms with Crippen LogP contribution in [0, 0.1) is 0 Å². The lowest BCUT2D eigenvalue weighted by Crippen LogP contribution is -2.14. The summed E-state index contributed by atoms with van der Waals surface area (Å²) in [5.41, 5.74) is -2.07. The summed E-state index contributed by atoms with van der Waals surface area (Å²) in [6, 6.07) is 0.838. The maximum absolute atomic E-state index is 12.3. The van der Waals surface area contributed by atoms with Gasteiger partial charge >= 0.3 is 12.1 Å². The monoisotopic (exact) mass is 220 g/mol. The van der Waals surface area contributed by atoms with E-state index in [1.54, 1.807) is 0 Å². The zero-order valence-electron chi connectivity index (χ0n) is 7.59. The van der Waals surface area contributed by atoms with E-state index in [9.17, 15) is 18.0 Å². The summed E-state index contributed by atoms with van der Waals surface area (Å²) < 4.78 is 37.0. The Morgan fingerprint density at radius 3 is 2.53 bits per heavy atom. The quantitative estimate of drug-likeness (QED) is 0.798. The van der Waals surface area contributed by atoms with Gasteiger partial charge in [-0.15, -0.1) is 0 Å². The molecule has 7 heteroatoms. The second-order valence-electron chi connectivity index (χ2n) is 2.67. The van der Waals surface area contributed by atoms with Crippen molar-refractivity contribution in [2.24, 2.45) is 0 Å². The van der Waals surface area contributed by atoms with Crippen LogP contribution in [-0.4, -0.2) is 23.1 Å². The normalized spacial score (nSPS) is 11.2. The van der Waals surface area contributed by atoms with E-state index < -0.39 is 23.3 Å². The number of anilines is 1. The molecule has 0 spiro atoms. The molecule has 0 bridgehead atoms. The van der Waals surface area contributed by atoms with Crippen molar-refractivity contribution in [1.82, 2.24) is 4.98 Å². The van der Waals surface area contributed by atoms with E-state index in [1.165, 1.54) is 7.05 Å².